The molecule has 78 valence electrons. The molecule has 1 nitrogen and oxygen atoms in total. The SMILES string of the molecule is CC1(C)CCCC2=C1C[C@@H](C=O)CC2. The van der Waals surface area contributed by atoms with Crippen LogP contribution in [-0.2, 0) is 4.79 Å². The van der Waals surface area contributed by atoms with Crippen molar-refractivity contribution in [2.24, 2.45) is 11.3 Å². The van der Waals surface area contributed by atoms with Crippen molar-refractivity contribution >= 4 is 6.29 Å². The quantitative estimate of drug-likeness (QED) is 0.459. The lowest BCUT2D eigenvalue weighted by Gasteiger charge is -2.39. The topological polar surface area (TPSA) is 17.1 Å². The third-order valence-corrected chi connectivity index (χ3v) is 4.00. The van der Waals surface area contributed by atoms with Crippen molar-refractivity contribution in [1.82, 2.24) is 0 Å². The molecule has 0 bridgehead atoms. The molecule has 0 aromatic carbocycles. The first-order chi connectivity index (χ1) is 6.63. The van der Waals surface area contributed by atoms with Crippen LogP contribution in [0.3, 0.4) is 0 Å². The molecule has 2 aliphatic rings. The van der Waals surface area contributed by atoms with Crippen LogP contribution in [0.2, 0.25) is 0 Å². The van der Waals surface area contributed by atoms with E-state index in [2.05, 4.69) is 13.8 Å². The second kappa shape index (κ2) is 3.52. The third kappa shape index (κ3) is 1.65. The predicted octanol–water partition coefficient (Wildman–Crippen LogP) is 3.49. The third-order valence-electron chi connectivity index (χ3n) is 4.00. The molecule has 0 saturated carbocycles. The average molecular weight is 192 g/mol. The molecule has 0 spiro atoms. The van der Waals surface area contributed by atoms with Gasteiger partial charge in [0.2, 0.25) is 0 Å². The second-order valence-corrected chi connectivity index (χ2v) is 5.46. The molecule has 1 atom stereocenters. The largest absolute Gasteiger partial charge is 0.303 e. The van der Waals surface area contributed by atoms with Gasteiger partial charge in [-0.2, -0.15) is 0 Å². The van der Waals surface area contributed by atoms with Crippen LogP contribution in [0.5, 0.6) is 0 Å². The molecule has 1 heteroatoms. The highest BCUT2D eigenvalue weighted by Crippen LogP contribution is 2.47. The van der Waals surface area contributed by atoms with Crippen LogP contribution in [0.4, 0.5) is 0 Å². The molecule has 0 N–H and O–H groups in total. The van der Waals surface area contributed by atoms with Gasteiger partial charge in [-0.05, 0) is 43.9 Å². The Morgan fingerprint density at radius 1 is 1.36 bits per heavy atom. The Labute approximate surface area is 86.6 Å². The van der Waals surface area contributed by atoms with Crippen molar-refractivity contribution in [2.75, 3.05) is 0 Å². The van der Waals surface area contributed by atoms with E-state index < -0.39 is 0 Å². The molecule has 2 aliphatic carbocycles. The van der Waals surface area contributed by atoms with Gasteiger partial charge in [-0.25, -0.2) is 0 Å². The summed E-state index contributed by atoms with van der Waals surface area (Å²) in [5.41, 5.74) is 3.67. The second-order valence-electron chi connectivity index (χ2n) is 5.46. The highest BCUT2D eigenvalue weighted by Gasteiger charge is 2.33. The van der Waals surface area contributed by atoms with Gasteiger partial charge in [0.1, 0.15) is 6.29 Å². The Morgan fingerprint density at radius 3 is 2.86 bits per heavy atom. The molecule has 14 heavy (non-hydrogen) atoms. The van der Waals surface area contributed by atoms with Crippen LogP contribution in [0, 0.1) is 11.3 Å². The molecule has 0 radical (unpaired) electrons. The maximum absolute atomic E-state index is 10.8. The number of aldehydes is 1. The summed E-state index contributed by atoms with van der Waals surface area (Å²) in [6.07, 6.45) is 8.43. The Kier molecular flexibility index (Phi) is 2.50. The summed E-state index contributed by atoms with van der Waals surface area (Å²) in [7, 11) is 0. The van der Waals surface area contributed by atoms with Crippen LogP contribution >= 0.6 is 0 Å². The summed E-state index contributed by atoms with van der Waals surface area (Å²) in [5, 5.41) is 0. The fourth-order valence-electron chi connectivity index (χ4n) is 3.06. The van der Waals surface area contributed by atoms with Gasteiger partial charge in [-0.15, -0.1) is 0 Å². The number of hydrogen-bond acceptors (Lipinski definition) is 1. The first-order valence-corrected chi connectivity index (χ1v) is 5.80. The monoisotopic (exact) mass is 192 g/mol. The molecule has 0 unspecified atom stereocenters. The Bertz CT molecular complexity index is 273. The minimum atomic E-state index is 0.311. The summed E-state index contributed by atoms with van der Waals surface area (Å²) in [4.78, 5) is 10.8. The minimum Gasteiger partial charge on any atom is -0.303 e. The zero-order valence-electron chi connectivity index (χ0n) is 9.31. The number of carbonyl (C=O) groups excluding carboxylic acids is 1. The summed E-state index contributed by atoms with van der Waals surface area (Å²) < 4.78 is 0. The lowest BCUT2D eigenvalue weighted by molar-refractivity contribution is -0.111. The van der Waals surface area contributed by atoms with Gasteiger partial charge < -0.3 is 4.79 Å². The van der Waals surface area contributed by atoms with E-state index in [9.17, 15) is 4.79 Å². The van der Waals surface area contributed by atoms with Gasteiger partial charge in [-0.1, -0.05) is 25.0 Å². The molecule has 0 aromatic heterocycles. The normalized spacial score (nSPS) is 31.1. The Morgan fingerprint density at radius 2 is 2.14 bits per heavy atom. The standard InChI is InChI=1S/C13H20O/c1-13(2)7-3-4-11-6-5-10(9-14)8-12(11)13/h9-10H,3-8H2,1-2H3/t10-/m0/s1. The molecule has 0 amide bonds. The van der Waals surface area contributed by atoms with Gasteiger partial charge >= 0.3 is 0 Å². The van der Waals surface area contributed by atoms with Gasteiger partial charge in [0, 0.05) is 5.92 Å². The molecule has 0 aliphatic heterocycles. The summed E-state index contributed by atoms with van der Waals surface area (Å²) in [6, 6.07) is 0. The van der Waals surface area contributed by atoms with E-state index in [1.165, 1.54) is 25.7 Å². The number of carbonyl (C=O) groups is 1. The predicted molar refractivity (Wildman–Crippen MR) is 58.1 cm³/mol. The maximum Gasteiger partial charge on any atom is 0.123 e. The zero-order chi connectivity index (χ0) is 10.2. The van der Waals surface area contributed by atoms with Crippen LogP contribution in [-0.4, -0.2) is 6.29 Å². The number of hydrogen-bond donors (Lipinski definition) is 0. The van der Waals surface area contributed by atoms with E-state index in [1.54, 1.807) is 11.1 Å². The molecule has 0 saturated heterocycles. The Balaban J connectivity index is 2.26. The fourth-order valence-corrected chi connectivity index (χ4v) is 3.06. The number of allylic oxidation sites excluding steroid dienone is 2. The van der Waals surface area contributed by atoms with E-state index in [0.29, 0.717) is 11.3 Å². The van der Waals surface area contributed by atoms with Crippen molar-refractivity contribution in [3.05, 3.63) is 11.1 Å². The summed E-state index contributed by atoms with van der Waals surface area (Å²) >= 11 is 0. The first kappa shape index (κ1) is 9.95. The molecule has 0 fully saturated rings. The van der Waals surface area contributed by atoms with E-state index in [-0.39, 0.29) is 0 Å². The first-order valence-electron chi connectivity index (χ1n) is 5.80. The van der Waals surface area contributed by atoms with Crippen molar-refractivity contribution in [2.45, 2.75) is 52.4 Å². The van der Waals surface area contributed by atoms with Crippen molar-refractivity contribution < 1.29 is 4.79 Å². The van der Waals surface area contributed by atoms with E-state index in [4.69, 9.17) is 0 Å². The highest BCUT2D eigenvalue weighted by molar-refractivity contribution is 5.55. The summed E-state index contributed by atoms with van der Waals surface area (Å²) in [5.74, 6) is 0.311. The lowest BCUT2D eigenvalue weighted by Crippen LogP contribution is -2.26. The van der Waals surface area contributed by atoms with Gasteiger partial charge in [-0.3, -0.25) is 0 Å². The van der Waals surface area contributed by atoms with Crippen LogP contribution in [0.25, 0.3) is 0 Å². The lowest BCUT2D eigenvalue weighted by atomic mass is 9.66. The molecule has 0 aromatic rings. The van der Waals surface area contributed by atoms with Crippen LogP contribution in [0.15, 0.2) is 11.1 Å². The smallest absolute Gasteiger partial charge is 0.123 e. The molecule has 0 heterocycles. The molecular formula is C13H20O. The van der Waals surface area contributed by atoms with E-state index >= 15 is 0 Å². The van der Waals surface area contributed by atoms with Crippen LogP contribution < -0.4 is 0 Å². The average Bonchev–Trinajstić information content (AvgIpc) is 2.17. The van der Waals surface area contributed by atoms with E-state index in [1.807, 2.05) is 0 Å². The van der Waals surface area contributed by atoms with Gasteiger partial charge in [0.05, 0.1) is 0 Å². The maximum atomic E-state index is 10.8. The van der Waals surface area contributed by atoms with E-state index in [0.717, 1.165) is 19.1 Å². The minimum absolute atomic E-state index is 0.311. The summed E-state index contributed by atoms with van der Waals surface area (Å²) in [6.45, 7) is 4.68. The van der Waals surface area contributed by atoms with Gasteiger partial charge in [0.15, 0.2) is 0 Å². The number of rotatable bonds is 1. The van der Waals surface area contributed by atoms with Crippen molar-refractivity contribution in [3.8, 4) is 0 Å². The Hall–Kier alpha value is -0.590. The molecular weight excluding hydrogens is 172 g/mol. The zero-order valence-corrected chi connectivity index (χ0v) is 9.31. The van der Waals surface area contributed by atoms with Crippen molar-refractivity contribution in [3.63, 3.8) is 0 Å². The van der Waals surface area contributed by atoms with Crippen molar-refractivity contribution in [1.29, 1.82) is 0 Å². The van der Waals surface area contributed by atoms with Gasteiger partial charge in [0.25, 0.3) is 0 Å². The van der Waals surface area contributed by atoms with Crippen LogP contribution in [0.1, 0.15) is 52.4 Å². The highest BCUT2D eigenvalue weighted by atomic mass is 16.1. The molecule has 2 rings (SSSR count). The fraction of sp³-hybridized carbons (Fsp3) is 0.769.